The van der Waals surface area contributed by atoms with E-state index in [4.69, 9.17) is 18.4 Å². The summed E-state index contributed by atoms with van der Waals surface area (Å²) in [6.45, 7) is 7.86. The molecule has 30 heavy (non-hydrogen) atoms. The highest BCUT2D eigenvalue weighted by Gasteiger charge is 2.49. The number of rotatable bonds is 8. The molecule has 1 aliphatic rings. The van der Waals surface area contributed by atoms with Crippen molar-refractivity contribution in [1.29, 1.82) is 0 Å². The maximum absolute atomic E-state index is 12.9. The highest BCUT2D eigenvalue weighted by molar-refractivity contribution is 7.99. The fourth-order valence-corrected chi connectivity index (χ4v) is 5.23. The van der Waals surface area contributed by atoms with Crippen LogP contribution in [0.2, 0.25) is 0 Å². The van der Waals surface area contributed by atoms with Crippen molar-refractivity contribution in [1.82, 2.24) is 0 Å². The van der Waals surface area contributed by atoms with Crippen LogP contribution >= 0.6 is 11.8 Å². The number of aryl methyl sites for hydroxylation is 1. The van der Waals surface area contributed by atoms with E-state index in [2.05, 4.69) is 0 Å². The lowest BCUT2D eigenvalue weighted by molar-refractivity contribution is -0.199. The molecule has 5 atom stereocenters. The van der Waals surface area contributed by atoms with Crippen molar-refractivity contribution in [2.45, 2.75) is 63.3 Å². The molecule has 1 aromatic carbocycles. The van der Waals surface area contributed by atoms with Crippen LogP contribution in [0.4, 0.5) is 0 Å². The third-order valence-corrected chi connectivity index (χ3v) is 7.11. The molecular weight excluding hydrogens is 432 g/mol. The number of hydrogen-bond donors (Lipinski definition) is 0. The van der Waals surface area contributed by atoms with Gasteiger partial charge in [-0.2, -0.15) is 8.42 Å². The van der Waals surface area contributed by atoms with Crippen LogP contribution in [0.25, 0.3) is 0 Å². The minimum Gasteiger partial charge on any atom is -0.463 e. The molecule has 1 aliphatic heterocycles. The molecule has 10 heteroatoms. The minimum atomic E-state index is -4.19. The Balaban J connectivity index is 2.39. The number of hydrogen-bond acceptors (Lipinski definition) is 9. The quantitative estimate of drug-likeness (QED) is 0.427. The Bertz CT molecular complexity index is 837. The molecule has 0 aromatic heterocycles. The van der Waals surface area contributed by atoms with Crippen LogP contribution in [-0.2, 0) is 38.1 Å². The van der Waals surface area contributed by atoms with Crippen LogP contribution in [0.5, 0.6) is 0 Å². The summed E-state index contributed by atoms with van der Waals surface area (Å²) in [7, 11) is -4.19. The summed E-state index contributed by atoms with van der Waals surface area (Å²) in [5, 5.41) is 0. The van der Waals surface area contributed by atoms with Gasteiger partial charge in [-0.15, -0.1) is 11.8 Å². The predicted octanol–water partition coefficient (Wildman–Crippen LogP) is 2.68. The Morgan fingerprint density at radius 3 is 2.27 bits per heavy atom. The molecule has 0 amide bonds. The second-order valence-electron chi connectivity index (χ2n) is 7.06. The molecule has 8 nitrogen and oxygen atoms in total. The van der Waals surface area contributed by atoms with Crippen molar-refractivity contribution in [2.24, 2.45) is 5.92 Å². The van der Waals surface area contributed by atoms with Crippen molar-refractivity contribution < 1.29 is 36.4 Å². The van der Waals surface area contributed by atoms with Crippen LogP contribution in [0.1, 0.15) is 33.3 Å². The molecule has 0 aliphatic carbocycles. The van der Waals surface area contributed by atoms with Crippen molar-refractivity contribution in [3.63, 3.8) is 0 Å². The normalized spacial score (nSPS) is 26.8. The molecule has 168 valence electrons. The predicted molar refractivity (Wildman–Crippen MR) is 111 cm³/mol. The lowest BCUT2D eigenvalue weighted by Crippen LogP contribution is -2.57. The first kappa shape index (κ1) is 24.6. The number of carbonyl (C=O) groups excluding carboxylic acids is 2. The molecule has 1 saturated heterocycles. The summed E-state index contributed by atoms with van der Waals surface area (Å²) < 4.78 is 47.9. The number of ether oxygens (including phenoxy) is 3. The second kappa shape index (κ2) is 10.6. The third kappa shape index (κ3) is 6.44. The second-order valence-corrected chi connectivity index (χ2v) is 10.0. The van der Waals surface area contributed by atoms with Crippen molar-refractivity contribution in [3.8, 4) is 0 Å². The molecule has 1 fully saturated rings. The van der Waals surface area contributed by atoms with E-state index in [0.717, 1.165) is 11.3 Å². The standard InChI is InChI=1S/C20H28O8S2/c1-6-29-20-13(3)18(26-15(5)22)19(17(27-20)11-25-14(4)21)28-30(23,24)16-9-7-12(2)8-10-16/h7-10,13,17-20H,6,11H2,1-5H3/t13?,17?,18-,19?,20+/m1/s1. The van der Waals surface area contributed by atoms with E-state index in [1.165, 1.54) is 37.7 Å². The smallest absolute Gasteiger partial charge is 0.303 e. The third-order valence-electron chi connectivity index (χ3n) is 4.58. The van der Waals surface area contributed by atoms with Gasteiger partial charge in [-0.05, 0) is 24.8 Å². The van der Waals surface area contributed by atoms with E-state index in [0.29, 0.717) is 0 Å². The van der Waals surface area contributed by atoms with E-state index < -0.39 is 40.4 Å². The summed E-state index contributed by atoms with van der Waals surface area (Å²) in [6.07, 6.45) is -3.01. The fourth-order valence-electron chi connectivity index (χ4n) is 3.12. The number of esters is 2. The molecule has 0 spiro atoms. The molecule has 0 N–H and O–H groups in total. The van der Waals surface area contributed by atoms with Gasteiger partial charge in [-0.1, -0.05) is 31.5 Å². The van der Waals surface area contributed by atoms with E-state index in [9.17, 15) is 18.0 Å². The monoisotopic (exact) mass is 460 g/mol. The first-order valence-corrected chi connectivity index (χ1v) is 12.1. The van der Waals surface area contributed by atoms with Gasteiger partial charge in [0.25, 0.3) is 10.1 Å². The maximum Gasteiger partial charge on any atom is 0.303 e. The van der Waals surface area contributed by atoms with Gasteiger partial charge in [0.2, 0.25) is 0 Å². The summed E-state index contributed by atoms with van der Waals surface area (Å²) in [5.74, 6) is -0.733. The fraction of sp³-hybridized carbons (Fsp3) is 0.600. The van der Waals surface area contributed by atoms with Crippen molar-refractivity contribution in [3.05, 3.63) is 29.8 Å². The highest BCUT2D eigenvalue weighted by Crippen LogP contribution is 2.37. The highest BCUT2D eigenvalue weighted by atomic mass is 32.2. The zero-order chi connectivity index (χ0) is 22.5. The van der Waals surface area contributed by atoms with Crippen LogP contribution in [-0.4, -0.2) is 56.5 Å². The van der Waals surface area contributed by atoms with Gasteiger partial charge >= 0.3 is 11.9 Å². The number of benzene rings is 1. The Morgan fingerprint density at radius 1 is 1.10 bits per heavy atom. The largest absolute Gasteiger partial charge is 0.463 e. The topological polar surface area (TPSA) is 105 Å². The van der Waals surface area contributed by atoms with Gasteiger partial charge in [0.05, 0.1) is 4.90 Å². The van der Waals surface area contributed by atoms with Crippen LogP contribution < -0.4 is 0 Å². The van der Waals surface area contributed by atoms with Gasteiger partial charge in [-0.3, -0.25) is 13.8 Å². The average molecular weight is 461 g/mol. The van der Waals surface area contributed by atoms with Gasteiger partial charge in [0.15, 0.2) is 0 Å². The Labute approximate surface area is 181 Å². The molecule has 2 rings (SSSR count). The Hall–Kier alpha value is -1.62. The van der Waals surface area contributed by atoms with E-state index >= 15 is 0 Å². The molecule has 3 unspecified atom stereocenters. The first-order chi connectivity index (χ1) is 14.0. The lowest BCUT2D eigenvalue weighted by atomic mass is 9.93. The lowest BCUT2D eigenvalue weighted by Gasteiger charge is -2.43. The van der Waals surface area contributed by atoms with Crippen molar-refractivity contribution in [2.75, 3.05) is 12.4 Å². The van der Waals surface area contributed by atoms with Crippen LogP contribution in [0, 0.1) is 12.8 Å². The maximum atomic E-state index is 12.9. The average Bonchev–Trinajstić information content (AvgIpc) is 2.65. The number of thioether (sulfide) groups is 1. The molecule has 0 saturated carbocycles. The molecule has 1 aromatic rings. The summed E-state index contributed by atoms with van der Waals surface area (Å²) in [5.41, 5.74) is 0.510. The first-order valence-electron chi connectivity index (χ1n) is 9.62. The van der Waals surface area contributed by atoms with Crippen molar-refractivity contribution >= 4 is 33.8 Å². The summed E-state index contributed by atoms with van der Waals surface area (Å²) in [4.78, 5) is 23.1. The van der Waals surface area contributed by atoms with Gasteiger partial charge in [0, 0.05) is 19.8 Å². The summed E-state index contributed by atoms with van der Waals surface area (Å²) >= 11 is 1.49. The zero-order valence-electron chi connectivity index (χ0n) is 17.7. The van der Waals surface area contributed by atoms with Gasteiger partial charge in [-0.25, -0.2) is 0 Å². The molecular formula is C20H28O8S2. The van der Waals surface area contributed by atoms with Crippen LogP contribution in [0.3, 0.4) is 0 Å². The minimum absolute atomic E-state index is 0.0291. The van der Waals surface area contributed by atoms with E-state index in [1.807, 2.05) is 13.8 Å². The van der Waals surface area contributed by atoms with E-state index in [-0.39, 0.29) is 22.9 Å². The summed E-state index contributed by atoms with van der Waals surface area (Å²) in [6, 6.07) is 6.19. The van der Waals surface area contributed by atoms with E-state index in [1.54, 1.807) is 19.1 Å². The zero-order valence-corrected chi connectivity index (χ0v) is 19.3. The van der Waals surface area contributed by atoms with Gasteiger partial charge in [0.1, 0.15) is 30.4 Å². The molecule has 1 heterocycles. The Morgan fingerprint density at radius 2 is 1.73 bits per heavy atom. The SMILES string of the molecule is CCS[C@@H]1OC(COC(C)=O)C(OS(=O)(=O)c2ccc(C)cc2)[C@H](OC(C)=O)C1C. The van der Waals surface area contributed by atoms with Gasteiger partial charge < -0.3 is 14.2 Å². The number of carbonyl (C=O) groups is 2. The van der Waals surface area contributed by atoms with Crippen LogP contribution in [0.15, 0.2) is 29.2 Å². The molecule has 0 bridgehead atoms. The Kier molecular flexibility index (Phi) is 8.72. The molecule has 0 radical (unpaired) electrons.